The van der Waals surface area contributed by atoms with Crippen LogP contribution in [0.25, 0.3) is 0 Å². The summed E-state index contributed by atoms with van der Waals surface area (Å²) in [5.41, 5.74) is 0. The molecule has 1 aliphatic heterocycles. The molecule has 1 saturated heterocycles. The number of hydrogen-bond acceptors (Lipinski definition) is 2. The molecule has 0 aromatic rings. The van der Waals surface area contributed by atoms with Crippen LogP contribution in [0, 0.1) is 0 Å². The van der Waals surface area contributed by atoms with Crippen LogP contribution in [0.5, 0.6) is 0 Å². The maximum Gasteiger partial charge on any atom is 0.327 e. The molecule has 0 radical (unpaired) electrons. The van der Waals surface area contributed by atoms with E-state index in [4.69, 9.17) is 11.6 Å². The largest absolute Gasteiger partial charge is 0.462 e. The highest BCUT2D eigenvalue weighted by molar-refractivity contribution is 6.31. The maximum atomic E-state index is 9.88. The van der Waals surface area contributed by atoms with E-state index in [2.05, 4.69) is 4.74 Å². The monoisotopic (exact) mass is 106 g/mol. The van der Waals surface area contributed by atoms with Crippen molar-refractivity contribution in [2.24, 2.45) is 0 Å². The van der Waals surface area contributed by atoms with Crippen LogP contribution in [0.3, 0.4) is 0 Å². The number of alkyl halides is 1. The number of halogens is 1. The van der Waals surface area contributed by atoms with Crippen LogP contribution in [-0.4, -0.2) is 18.0 Å². The van der Waals surface area contributed by atoms with Crippen molar-refractivity contribution >= 4 is 17.6 Å². The highest BCUT2D eigenvalue weighted by atomic mass is 35.5. The molecular formula is C3H3ClO2. The summed E-state index contributed by atoms with van der Waals surface area (Å²) >= 11 is 5.22. The van der Waals surface area contributed by atoms with Crippen molar-refractivity contribution in [1.82, 2.24) is 0 Å². The highest BCUT2D eigenvalue weighted by Gasteiger charge is 2.27. The van der Waals surface area contributed by atoms with Crippen molar-refractivity contribution in [2.45, 2.75) is 5.38 Å². The second kappa shape index (κ2) is 1.12. The Kier molecular flexibility index (Phi) is 0.733. The zero-order valence-electron chi connectivity index (χ0n) is 2.98. The minimum atomic E-state index is -0.356. The van der Waals surface area contributed by atoms with Gasteiger partial charge in [-0.25, -0.2) is 0 Å². The zero-order valence-corrected chi connectivity index (χ0v) is 3.73. The van der Waals surface area contributed by atoms with Crippen LogP contribution >= 0.6 is 11.6 Å². The van der Waals surface area contributed by atoms with E-state index in [9.17, 15) is 4.79 Å². The SMILES string of the molecule is O=C1OC[C@@H]1Cl. The van der Waals surface area contributed by atoms with Crippen molar-refractivity contribution in [3.63, 3.8) is 0 Å². The van der Waals surface area contributed by atoms with Gasteiger partial charge in [-0.3, -0.25) is 4.79 Å². The zero-order chi connectivity index (χ0) is 4.57. The molecule has 0 unspecified atom stereocenters. The van der Waals surface area contributed by atoms with Crippen LogP contribution in [-0.2, 0) is 9.53 Å². The fourth-order valence-electron chi connectivity index (χ4n) is 0.214. The van der Waals surface area contributed by atoms with Gasteiger partial charge in [0.25, 0.3) is 0 Å². The van der Waals surface area contributed by atoms with Crippen molar-refractivity contribution in [3.05, 3.63) is 0 Å². The molecule has 6 heavy (non-hydrogen) atoms. The van der Waals surface area contributed by atoms with E-state index in [-0.39, 0.29) is 11.3 Å². The van der Waals surface area contributed by atoms with Gasteiger partial charge < -0.3 is 4.74 Å². The Morgan fingerprint density at radius 3 is 2.50 bits per heavy atom. The van der Waals surface area contributed by atoms with E-state index in [0.29, 0.717) is 6.61 Å². The number of hydrogen-bond donors (Lipinski definition) is 0. The first kappa shape index (κ1) is 3.93. The van der Waals surface area contributed by atoms with Gasteiger partial charge in [-0.15, -0.1) is 11.6 Å². The number of carbonyl (C=O) groups is 1. The molecule has 0 aromatic carbocycles. The fourth-order valence-corrected chi connectivity index (χ4v) is 0.340. The summed E-state index contributed by atoms with van der Waals surface area (Å²) in [7, 11) is 0. The average Bonchev–Trinajstić information content (AvgIpc) is 1.61. The Hall–Kier alpha value is -0.240. The van der Waals surface area contributed by atoms with Crippen LogP contribution in [0.15, 0.2) is 0 Å². The summed E-state index contributed by atoms with van der Waals surface area (Å²) < 4.78 is 4.27. The molecule has 0 N–H and O–H groups in total. The lowest BCUT2D eigenvalue weighted by atomic mass is 10.4. The van der Waals surface area contributed by atoms with E-state index in [1.165, 1.54) is 0 Å². The Balaban J connectivity index is 2.39. The van der Waals surface area contributed by atoms with Crippen LogP contribution in [0.2, 0.25) is 0 Å². The van der Waals surface area contributed by atoms with Crippen molar-refractivity contribution in [3.8, 4) is 0 Å². The lowest BCUT2D eigenvalue weighted by Crippen LogP contribution is -2.35. The van der Waals surface area contributed by atoms with E-state index < -0.39 is 0 Å². The molecule has 1 rings (SSSR count). The van der Waals surface area contributed by atoms with E-state index in [1.807, 2.05) is 0 Å². The first-order valence-electron chi connectivity index (χ1n) is 1.61. The first-order valence-corrected chi connectivity index (χ1v) is 2.05. The predicted octanol–water partition coefficient (Wildman–Crippen LogP) is 0.151. The van der Waals surface area contributed by atoms with Gasteiger partial charge in [-0.1, -0.05) is 0 Å². The third kappa shape index (κ3) is 0.373. The Labute approximate surface area is 40.0 Å². The molecule has 1 atom stereocenters. The molecule has 0 spiro atoms. The predicted molar refractivity (Wildman–Crippen MR) is 20.6 cm³/mol. The molecule has 1 heterocycles. The van der Waals surface area contributed by atoms with Gasteiger partial charge in [-0.05, 0) is 0 Å². The van der Waals surface area contributed by atoms with Crippen molar-refractivity contribution < 1.29 is 9.53 Å². The van der Waals surface area contributed by atoms with Crippen LogP contribution in [0.1, 0.15) is 0 Å². The van der Waals surface area contributed by atoms with Gasteiger partial charge >= 0.3 is 5.97 Å². The third-order valence-corrected chi connectivity index (χ3v) is 0.932. The van der Waals surface area contributed by atoms with Crippen molar-refractivity contribution in [2.75, 3.05) is 6.61 Å². The summed E-state index contributed by atoms with van der Waals surface area (Å²) in [6.45, 7) is 0.389. The molecule has 0 aliphatic carbocycles. The van der Waals surface area contributed by atoms with E-state index in [0.717, 1.165) is 0 Å². The van der Waals surface area contributed by atoms with E-state index >= 15 is 0 Å². The Morgan fingerprint density at radius 2 is 2.50 bits per heavy atom. The summed E-state index contributed by atoms with van der Waals surface area (Å²) in [4.78, 5) is 9.88. The first-order chi connectivity index (χ1) is 2.80. The summed E-state index contributed by atoms with van der Waals surface area (Å²) in [5, 5.41) is -0.356. The van der Waals surface area contributed by atoms with E-state index in [1.54, 1.807) is 0 Å². The van der Waals surface area contributed by atoms with Gasteiger partial charge in [0, 0.05) is 0 Å². The smallest absolute Gasteiger partial charge is 0.327 e. The third-order valence-electron chi connectivity index (χ3n) is 0.628. The minimum absolute atomic E-state index is 0.295. The summed E-state index contributed by atoms with van der Waals surface area (Å²) in [6.07, 6.45) is 0. The van der Waals surface area contributed by atoms with Gasteiger partial charge in [0.2, 0.25) is 0 Å². The van der Waals surface area contributed by atoms with Crippen LogP contribution < -0.4 is 0 Å². The van der Waals surface area contributed by atoms with Gasteiger partial charge in [0.15, 0.2) is 5.38 Å². The number of carbonyl (C=O) groups excluding carboxylic acids is 1. The molecule has 0 bridgehead atoms. The lowest BCUT2D eigenvalue weighted by molar-refractivity contribution is -0.156. The maximum absolute atomic E-state index is 9.88. The van der Waals surface area contributed by atoms with Gasteiger partial charge in [-0.2, -0.15) is 0 Å². The molecule has 1 fully saturated rings. The Bertz CT molecular complexity index is 80.9. The summed E-state index contributed by atoms with van der Waals surface area (Å²) in [5.74, 6) is -0.295. The molecule has 0 saturated carbocycles. The standard InChI is InChI=1S/C3H3ClO2/c4-2-1-6-3(2)5/h2H,1H2/t2-/m0/s1. The number of esters is 1. The molecule has 1 aliphatic rings. The van der Waals surface area contributed by atoms with Gasteiger partial charge in [0.05, 0.1) is 0 Å². The molecule has 34 valence electrons. The van der Waals surface area contributed by atoms with Crippen molar-refractivity contribution in [1.29, 1.82) is 0 Å². The summed E-state index contributed by atoms with van der Waals surface area (Å²) in [6, 6.07) is 0. The second-order valence-corrected chi connectivity index (χ2v) is 1.62. The normalized spacial score (nSPS) is 31.5. The molecule has 0 amide bonds. The topological polar surface area (TPSA) is 26.3 Å². The molecule has 3 heteroatoms. The quantitative estimate of drug-likeness (QED) is 0.325. The fraction of sp³-hybridized carbons (Fsp3) is 0.667. The second-order valence-electron chi connectivity index (χ2n) is 1.10. The number of cyclic esters (lactones) is 1. The number of ether oxygens (including phenoxy) is 1. The molecule has 0 aromatic heterocycles. The van der Waals surface area contributed by atoms with Gasteiger partial charge in [0.1, 0.15) is 6.61 Å². The Morgan fingerprint density at radius 1 is 2.00 bits per heavy atom. The highest BCUT2D eigenvalue weighted by Crippen LogP contribution is 2.08. The molecular weight excluding hydrogens is 103 g/mol. The lowest BCUT2D eigenvalue weighted by Gasteiger charge is -2.16. The number of rotatable bonds is 0. The minimum Gasteiger partial charge on any atom is -0.462 e. The average molecular weight is 107 g/mol. The van der Waals surface area contributed by atoms with Crippen LogP contribution in [0.4, 0.5) is 0 Å². The molecule has 2 nitrogen and oxygen atoms in total.